The highest BCUT2D eigenvalue weighted by molar-refractivity contribution is 9.10. The zero-order valence-corrected chi connectivity index (χ0v) is 11.6. The predicted molar refractivity (Wildman–Crippen MR) is 62.7 cm³/mol. The van der Waals surface area contributed by atoms with E-state index in [2.05, 4.69) is 31.0 Å². The van der Waals surface area contributed by atoms with Crippen molar-refractivity contribution in [2.24, 2.45) is 7.05 Å². The van der Waals surface area contributed by atoms with E-state index in [1.165, 1.54) is 11.7 Å². The Morgan fingerprint density at radius 2 is 2.24 bits per heavy atom. The Balaban J connectivity index is 2.31. The number of hydrogen-bond acceptors (Lipinski definition) is 5. The Kier molecular flexibility index (Phi) is 3.27. The topological polar surface area (TPSA) is 97.1 Å². The zero-order valence-electron chi connectivity index (χ0n) is 9.22. The molecule has 17 heavy (non-hydrogen) atoms. The number of hydrogen-bond donors (Lipinski definition) is 2. The summed E-state index contributed by atoms with van der Waals surface area (Å²) in [6.45, 7) is -0.199. The molecule has 1 aliphatic carbocycles. The minimum atomic E-state index is -3.73. The number of aliphatic hydroxyl groups is 1. The molecule has 96 valence electrons. The van der Waals surface area contributed by atoms with Gasteiger partial charge in [-0.15, -0.1) is 5.10 Å². The first-order valence-corrected chi connectivity index (χ1v) is 7.38. The third kappa shape index (κ3) is 2.24. The monoisotopic (exact) mass is 324 g/mol. The Morgan fingerprint density at radius 3 is 2.59 bits per heavy atom. The first-order chi connectivity index (χ1) is 7.90. The van der Waals surface area contributed by atoms with Crippen LogP contribution in [0.2, 0.25) is 0 Å². The molecule has 1 aliphatic rings. The van der Waals surface area contributed by atoms with Gasteiger partial charge in [0.05, 0.1) is 12.1 Å². The van der Waals surface area contributed by atoms with Crippen LogP contribution in [0.3, 0.4) is 0 Å². The lowest BCUT2D eigenvalue weighted by atomic mass is 9.78. The van der Waals surface area contributed by atoms with Crippen LogP contribution in [-0.2, 0) is 17.1 Å². The van der Waals surface area contributed by atoms with Crippen LogP contribution in [0.1, 0.15) is 19.3 Å². The second-order valence-corrected chi connectivity index (χ2v) is 6.56. The van der Waals surface area contributed by atoms with Gasteiger partial charge in [-0.3, -0.25) is 0 Å². The highest BCUT2D eigenvalue weighted by Crippen LogP contribution is 2.33. The van der Waals surface area contributed by atoms with Crippen molar-refractivity contribution in [2.75, 3.05) is 6.61 Å². The Morgan fingerprint density at radius 1 is 1.59 bits per heavy atom. The van der Waals surface area contributed by atoms with E-state index in [0.717, 1.165) is 6.42 Å². The lowest BCUT2D eigenvalue weighted by molar-refractivity contribution is 0.110. The molecule has 0 unspecified atom stereocenters. The third-order valence-electron chi connectivity index (χ3n) is 2.96. The van der Waals surface area contributed by atoms with Crippen LogP contribution in [0.4, 0.5) is 0 Å². The number of nitrogens with zero attached hydrogens (tertiary/aromatic N) is 3. The maximum absolute atomic E-state index is 12.1. The predicted octanol–water partition coefficient (Wildman–Crippen LogP) is -0.229. The van der Waals surface area contributed by atoms with E-state index in [-0.39, 0.29) is 16.2 Å². The molecule has 1 saturated carbocycles. The standard InChI is InChI=1S/C8H13BrN4O3S/c1-13-7(6(9)10-12-13)17(15,16)11-8(5-14)3-2-4-8/h11,14H,2-5H2,1H3. The minimum absolute atomic E-state index is 0.0303. The van der Waals surface area contributed by atoms with Crippen LogP contribution >= 0.6 is 15.9 Å². The average Bonchev–Trinajstić information content (AvgIpc) is 2.53. The number of sulfonamides is 1. The van der Waals surface area contributed by atoms with E-state index in [0.29, 0.717) is 12.8 Å². The summed E-state index contributed by atoms with van der Waals surface area (Å²) in [4.78, 5) is 0. The van der Waals surface area contributed by atoms with Crippen LogP contribution in [-0.4, -0.2) is 40.7 Å². The number of halogens is 1. The van der Waals surface area contributed by atoms with Gasteiger partial charge in [-0.05, 0) is 35.2 Å². The molecule has 0 bridgehead atoms. The Bertz CT molecular complexity index is 498. The smallest absolute Gasteiger partial charge is 0.261 e. The second-order valence-electron chi connectivity index (χ2n) is 4.21. The summed E-state index contributed by atoms with van der Waals surface area (Å²) in [5, 5.41) is 16.5. The molecule has 1 aromatic rings. The minimum Gasteiger partial charge on any atom is -0.394 e. The van der Waals surface area contributed by atoms with Crippen molar-refractivity contribution in [3.63, 3.8) is 0 Å². The summed E-state index contributed by atoms with van der Waals surface area (Å²) in [6, 6.07) is 0. The first-order valence-electron chi connectivity index (χ1n) is 5.10. The maximum atomic E-state index is 12.1. The summed E-state index contributed by atoms with van der Waals surface area (Å²) in [5.41, 5.74) is -0.720. The Labute approximate surface area is 107 Å². The number of aromatic nitrogens is 3. The zero-order chi connectivity index (χ0) is 12.7. The van der Waals surface area contributed by atoms with Crippen molar-refractivity contribution in [1.29, 1.82) is 0 Å². The van der Waals surface area contributed by atoms with Gasteiger partial charge in [-0.1, -0.05) is 5.21 Å². The van der Waals surface area contributed by atoms with Crippen LogP contribution in [0, 0.1) is 0 Å². The van der Waals surface area contributed by atoms with Gasteiger partial charge in [0.2, 0.25) is 5.03 Å². The van der Waals surface area contributed by atoms with Crippen molar-refractivity contribution in [2.45, 2.75) is 29.8 Å². The van der Waals surface area contributed by atoms with Crippen LogP contribution in [0.25, 0.3) is 0 Å². The summed E-state index contributed by atoms with van der Waals surface area (Å²) in [7, 11) is -2.23. The Hall–Kier alpha value is -0.510. The van der Waals surface area contributed by atoms with Gasteiger partial charge in [0.25, 0.3) is 10.0 Å². The molecule has 2 N–H and O–H groups in total. The molecule has 1 fully saturated rings. The highest BCUT2D eigenvalue weighted by Gasteiger charge is 2.41. The SMILES string of the molecule is Cn1nnc(Br)c1S(=O)(=O)NC1(CO)CCC1. The van der Waals surface area contributed by atoms with E-state index >= 15 is 0 Å². The molecule has 0 saturated heterocycles. The van der Waals surface area contributed by atoms with Crippen molar-refractivity contribution in [3.05, 3.63) is 4.60 Å². The first kappa shape index (κ1) is 12.9. The van der Waals surface area contributed by atoms with Gasteiger partial charge in [0.15, 0.2) is 4.60 Å². The average molecular weight is 325 g/mol. The quantitative estimate of drug-likeness (QED) is 0.797. The number of aliphatic hydroxyl groups excluding tert-OH is 1. The fourth-order valence-corrected chi connectivity index (χ4v) is 4.39. The molecule has 1 aromatic heterocycles. The van der Waals surface area contributed by atoms with Crippen molar-refractivity contribution < 1.29 is 13.5 Å². The molecule has 1 heterocycles. The summed E-state index contributed by atoms with van der Waals surface area (Å²) < 4.78 is 28.2. The van der Waals surface area contributed by atoms with Crippen LogP contribution in [0.15, 0.2) is 9.63 Å². The third-order valence-corrected chi connectivity index (χ3v) is 5.42. The van der Waals surface area contributed by atoms with E-state index in [4.69, 9.17) is 0 Å². The maximum Gasteiger partial charge on any atom is 0.261 e. The molecule has 0 spiro atoms. The molecule has 0 aromatic carbocycles. The lowest BCUT2D eigenvalue weighted by Gasteiger charge is -2.40. The van der Waals surface area contributed by atoms with Crippen molar-refractivity contribution in [1.82, 2.24) is 19.7 Å². The van der Waals surface area contributed by atoms with E-state index in [1.54, 1.807) is 0 Å². The van der Waals surface area contributed by atoms with Gasteiger partial charge in [0.1, 0.15) is 0 Å². The molecule has 0 atom stereocenters. The van der Waals surface area contributed by atoms with Gasteiger partial charge in [-0.25, -0.2) is 17.8 Å². The normalized spacial score (nSPS) is 19.0. The molecule has 2 rings (SSSR count). The largest absolute Gasteiger partial charge is 0.394 e. The fourth-order valence-electron chi connectivity index (χ4n) is 1.84. The summed E-state index contributed by atoms with van der Waals surface area (Å²) in [6.07, 6.45) is 2.20. The molecular weight excluding hydrogens is 312 g/mol. The fraction of sp³-hybridized carbons (Fsp3) is 0.750. The number of aryl methyl sites for hydroxylation is 1. The molecule has 0 amide bonds. The number of nitrogens with one attached hydrogen (secondary N) is 1. The second kappa shape index (κ2) is 4.30. The van der Waals surface area contributed by atoms with Crippen molar-refractivity contribution in [3.8, 4) is 0 Å². The van der Waals surface area contributed by atoms with E-state index in [1.807, 2.05) is 0 Å². The lowest BCUT2D eigenvalue weighted by Crippen LogP contribution is -2.56. The molecule has 0 radical (unpaired) electrons. The summed E-state index contributed by atoms with van der Waals surface area (Å²) >= 11 is 3.05. The molecule has 7 nitrogen and oxygen atoms in total. The highest BCUT2D eigenvalue weighted by atomic mass is 79.9. The van der Waals surface area contributed by atoms with Gasteiger partial charge in [0, 0.05) is 7.05 Å². The van der Waals surface area contributed by atoms with Crippen LogP contribution < -0.4 is 4.72 Å². The van der Waals surface area contributed by atoms with E-state index < -0.39 is 15.6 Å². The van der Waals surface area contributed by atoms with Gasteiger partial charge >= 0.3 is 0 Å². The number of rotatable bonds is 4. The van der Waals surface area contributed by atoms with Crippen LogP contribution in [0.5, 0.6) is 0 Å². The van der Waals surface area contributed by atoms with Crippen molar-refractivity contribution >= 4 is 26.0 Å². The van der Waals surface area contributed by atoms with Gasteiger partial charge < -0.3 is 5.11 Å². The molecule has 0 aliphatic heterocycles. The molecular formula is C8H13BrN4O3S. The van der Waals surface area contributed by atoms with Gasteiger partial charge in [-0.2, -0.15) is 0 Å². The van der Waals surface area contributed by atoms with E-state index in [9.17, 15) is 13.5 Å². The summed E-state index contributed by atoms with van der Waals surface area (Å²) in [5.74, 6) is 0. The molecule has 9 heteroatoms.